The molecule has 8 heteroatoms. The summed E-state index contributed by atoms with van der Waals surface area (Å²) < 4.78 is 27.6. The van der Waals surface area contributed by atoms with Crippen molar-refractivity contribution in [3.8, 4) is 0 Å². The molecule has 0 aliphatic carbocycles. The summed E-state index contributed by atoms with van der Waals surface area (Å²) in [5.74, 6) is -0.707. The van der Waals surface area contributed by atoms with Crippen LogP contribution in [0.15, 0.2) is 50.4 Å². The Labute approximate surface area is 117 Å². The number of primary sulfonamides is 1. The van der Waals surface area contributed by atoms with Crippen LogP contribution in [0.4, 0.5) is 5.69 Å². The molecule has 2 rings (SSSR count). The SMILES string of the molecule is NS(=O)(=O)c1ccc(C(=O)Nc2ccccc2Br)o1. The highest BCUT2D eigenvalue weighted by molar-refractivity contribution is 9.10. The third kappa shape index (κ3) is 3.22. The van der Waals surface area contributed by atoms with E-state index in [1.807, 2.05) is 0 Å². The zero-order valence-corrected chi connectivity index (χ0v) is 11.9. The van der Waals surface area contributed by atoms with Crippen molar-refractivity contribution in [2.24, 2.45) is 5.14 Å². The first-order valence-electron chi connectivity index (χ1n) is 5.06. The predicted molar refractivity (Wildman–Crippen MR) is 72.2 cm³/mol. The van der Waals surface area contributed by atoms with Gasteiger partial charge in [-0.1, -0.05) is 12.1 Å². The van der Waals surface area contributed by atoms with Gasteiger partial charge in [-0.2, -0.15) is 0 Å². The van der Waals surface area contributed by atoms with Gasteiger partial charge in [-0.25, -0.2) is 13.6 Å². The van der Waals surface area contributed by atoms with E-state index in [9.17, 15) is 13.2 Å². The fraction of sp³-hybridized carbons (Fsp3) is 0. The number of hydrogen-bond donors (Lipinski definition) is 2. The second kappa shape index (κ2) is 5.16. The Kier molecular flexibility index (Phi) is 3.74. The zero-order valence-electron chi connectivity index (χ0n) is 9.46. The summed E-state index contributed by atoms with van der Waals surface area (Å²) in [6, 6.07) is 9.36. The third-order valence-electron chi connectivity index (χ3n) is 2.21. The quantitative estimate of drug-likeness (QED) is 0.887. The molecule has 0 fully saturated rings. The van der Waals surface area contributed by atoms with E-state index in [4.69, 9.17) is 9.56 Å². The second-order valence-corrected chi connectivity index (χ2v) is 5.94. The molecule has 0 aliphatic heterocycles. The van der Waals surface area contributed by atoms with Crippen molar-refractivity contribution in [3.05, 3.63) is 46.6 Å². The number of anilines is 1. The van der Waals surface area contributed by atoms with Gasteiger partial charge in [0, 0.05) is 4.47 Å². The number of halogens is 1. The van der Waals surface area contributed by atoms with E-state index in [1.54, 1.807) is 24.3 Å². The first kappa shape index (κ1) is 13.8. The van der Waals surface area contributed by atoms with E-state index >= 15 is 0 Å². The number of rotatable bonds is 3. The standard InChI is InChI=1S/C11H9BrN2O4S/c12-7-3-1-2-4-8(7)14-11(15)9-5-6-10(18-9)19(13,16)17/h1-6H,(H,14,15)(H2,13,16,17). The highest BCUT2D eigenvalue weighted by atomic mass is 79.9. The first-order valence-corrected chi connectivity index (χ1v) is 7.40. The fourth-order valence-electron chi connectivity index (χ4n) is 1.34. The van der Waals surface area contributed by atoms with Gasteiger partial charge in [0.25, 0.3) is 15.9 Å². The Balaban J connectivity index is 2.22. The van der Waals surface area contributed by atoms with Gasteiger partial charge in [-0.15, -0.1) is 0 Å². The Morgan fingerprint density at radius 1 is 1.21 bits per heavy atom. The highest BCUT2D eigenvalue weighted by Crippen LogP contribution is 2.22. The molecular formula is C11H9BrN2O4S. The number of carbonyl (C=O) groups excluding carboxylic acids is 1. The molecule has 6 nitrogen and oxygen atoms in total. The van der Waals surface area contributed by atoms with Crippen molar-refractivity contribution in [1.82, 2.24) is 0 Å². The van der Waals surface area contributed by atoms with Crippen molar-refractivity contribution >= 4 is 37.5 Å². The van der Waals surface area contributed by atoms with E-state index in [-0.39, 0.29) is 5.76 Å². The minimum atomic E-state index is -3.95. The maximum Gasteiger partial charge on any atom is 0.291 e. The number of carbonyl (C=O) groups is 1. The van der Waals surface area contributed by atoms with E-state index in [1.165, 1.54) is 6.07 Å². The van der Waals surface area contributed by atoms with Crippen molar-refractivity contribution in [1.29, 1.82) is 0 Å². The molecule has 3 N–H and O–H groups in total. The van der Waals surface area contributed by atoms with Crippen LogP contribution >= 0.6 is 15.9 Å². The Morgan fingerprint density at radius 3 is 2.47 bits per heavy atom. The predicted octanol–water partition coefficient (Wildman–Crippen LogP) is 1.94. The maximum atomic E-state index is 11.8. The summed E-state index contributed by atoms with van der Waals surface area (Å²) in [4.78, 5) is 11.8. The Morgan fingerprint density at radius 2 is 1.89 bits per heavy atom. The normalized spacial score (nSPS) is 11.3. The largest absolute Gasteiger partial charge is 0.438 e. The Bertz CT molecular complexity index is 724. The molecule has 0 saturated carbocycles. The van der Waals surface area contributed by atoms with Crippen LogP contribution in [0, 0.1) is 0 Å². The number of nitrogens with two attached hydrogens (primary N) is 1. The summed E-state index contributed by atoms with van der Waals surface area (Å²) in [6.45, 7) is 0. The molecule has 19 heavy (non-hydrogen) atoms. The summed E-state index contributed by atoms with van der Waals surface area (Å²) >= 11 is 3.27. The summed E-state index contributed by atoms with van der Waals surface area (Å²) in [6.07, 6.45) is 0. The Hall–Kier alpha value is -1.64. The van der Waals surface area contributed by atoms with Gasteiger partial charge in [0.2, 0.25) is 5.09 Å². The topological polar surface area (TPSA) is 102 Å². The van der Waals surface area contributed by atoms with Crippen LogP contribution in [0.2, 0.25) is 0 Å². The van der Waals surface area contributed by atoms with E-state index in [2.05, 4.69) is 21.2 Å². The van der Waals surface area contributed by atoms with Crippen LogP contribution in [0.5, 0.6) is 0 Å². The van der Waals surface area contributed by atoms with E-state index in [0.29, 0.717) is 10.2 Å². The van der Waals surface area contributed by atoms with Crippen LogP contribution in [0.25, 0.3) is 0 Å². The van der Waals surface area contributed by atoms with Crippen LogP contribution in [0.3, 0.4) is 0 Å². The van der Waals surface area contributed by atoms with Crippen molar-refractivity contribution in [2.75, 3.05) is 5.32 Å². The van der Waals surface area contributed by atoms with Crippen molar-refractivity contribution < 1.29 is 17.6 Å². The number of furan rings is 1. The van der Waals surface area contributed by atoms with Crippen molar-refractivity contribution in [2.45, 2.75) is 5.09 Å². The van der Waals surface area contributed by atoms with Crippen LogP contribution in [-0.2, 0) is 10.0 Å². The number of amides is 1. The van der Waals surface area contributed by atoms with Crippen LogP contribution in [-0.4, -0.2) is 14.3 Å². The van der Waals surface area contributed by atoms with E-state index in [0.717, 1.165) is 6.07 Å². The highest BCUT2D eigenvalue weighted by Gasteiger charge is 2.17. The molecule has 2 aromatic rings. The maximum absolute atomic E-state index is 11.8. The van der Waals surface area contributed by atoms with Crippen LogP contribution < -0.4 is 10.5 Å². The van der Waals surface area contributed by atoms with Gasteiger partial charge in [0.05, 0.1) is 5.69 Å². The minimum Gasteiger partial charge on any atom is -0.438 e. The van der Waals surface area contributed by atoms with Gasteiger partial charge < -0.3 is 9.73 Å². The molecular weight excluding hydrogens is 336 g/mol. The van der Waals surface area contributed by atoms with Crippen molar-refractivity contribution in [3.63, 3.8) is 0 Å². The molecule has 0 unspecified atom stereocenters. The lowest BCUT2D eigenvalue weighted by Crippen LogP contribution is -2.13. The van der Waals surface area contributed by atoms with E-state index < -0.39 is 21.0 Å². The smallest absolute Gasteiger partial charge is 0.291 e. The van der Waals surface area contributed by atoms with Gasteiger partial charge in [0.1, 0.15) is 0 Å². The van der Waals surface area contributed by atoms with Gasteiger partial charge in [0.15, 0.2) is 5.76 Å². The molecule has 1 amide bonds. The average Bonchev–Trinajstić information content (AvgIpc) is 2.81. The fourth-order valence-corrected chi connectivity index (χ4v) is 2.19. The molecule has 0 atom stereocenters. The lowest BCUT2D eigenvalue weighted by Gasteiger charge is -2.04. The zero-order chi connectivity index (χ0) is 14.0. The summed E-state index contributed by atoms with van der Waals surface area (Å²) in [5.41, 5.74) is 0.543. The molecule has 1 heterocycles. The first-order chi connectivity index (χ1) is 8.88. The third-order valence-corrected chi connectivity index (χ3v) is 3.68. The molecule has 1 aromatic heterocycles. The molecule has 100 valence electrons. The number of hydrogen-bond acceptors (Lipinski definition) is 4. The number of para-hydroxylation sites is 1. The monoisotopic (exact) mass is 344 g/mol. The minimum absolute atomic E-state index is 0.139. The lowest BCUT2D eigenvalue weighted by molar-refractivity contribution is 0.0991. The molecule has 0 aliphatic rings. The van der Waals surface area contributed by atoms with Gasteiger partial charge in [-0.3, -0.25) is 4.79 Å². The van der Waals surface area contributed by atoms with Gasteiger partial charge >= 0.3 is 0 Å². The van der Waals surface area contributed by atoms with Crippen LogP contribution in [0.1, 0.15) is 10.6 Å². The molecule has 1 aromatic carbocycles. The second-order valence-electron chi connectivity index (χ2n) is 3.60. The summed E-state index contributed by atoms with van der Waals surface area (Å²) in [5, 5.41) is 7.01. The number of benzene rings is 1. The molecule has 0 spiro atoms. The summed E-state index contributed by atoms with van der Waals surface area (Å²) in [7, 11) is -3.95. The molecule has 0 radical (unpaired) electrons. The molecule has 0 saturated heterocycles. The number of nitrogens with one attached hydrogen (secondary N) is 1. The average molecular weight is 345 g/mol. The van der Waals surface area contributed by atoms with Gasteiger partial charge in [-0.05, 0) is 40.2 Å². The molecule has 0 bridgehead atoms. The lowest BCUT2D eigenvalue weighted by atomic mass is 10.3. The number of sulfonamides is 1.